The SMILES string of the molecule is CN(C)c1nc(N2CCCCC2)nc(N2CCOCC2)n1. The summed E-state index contributed by atoms with van der Waals surface area (Å²) in [4.78, 5) is 20.3. The van der Waals surface area contributed by atoms with Gasteiger partial charge in [-0.05, 0) is 19.3 Å². The van der Waals surface area contributed by atoms with Crippen LogP contribution >= 0.6 is 0 Å². The van der Waals surface area contributed by atoms with Gasteiger partial charge in [0.1, 0.15) is 0 Å². The summed E-state index contributed by atoms with van der Waals surface area (Å²) in [6.45, 7) is 5.25. The Morgan fingerprint density at radius 2 is 1.38 bits per heavy atom. The van der Waals surface area contributed by atoms with Crippen LogP contribution in [0.1, 0.15) is 19.3 Å². The average Bonchev–Trinajstić information content (AvgIpc) is 2.56. The molecule has 0 saturated carbocycles. The van der Waals surface area contributed by atoms with E-state index in [0.717, 1.165) is 57.2 Å². The van der Waals surface area contributed by atoms with E-state index in [0.29, 0.717) is 0 Å². The van der Waals surface area contributed by atoms with Crippen LogP contribution in [-0.4, -0.2) is 68.4 Å². The summed E-state index contributed by atoms with van der Waals surface area (Å²) in [6, 6.07) is 0. The molecule has 2 saturated heterocycles. The Labute approximate surface area is 125 Å². The van der Waals surface area contributed by atoms with Crippen molar-refractivity contribution in [2.24, 2.45) is 0 Å². The third-order valence-electron chi connectivity index (χ3n) is 3.93. The highest BCUT2D eigenvalue weighted by atomic mass is 16.5. The average molecular weight is 292 g/mol. The molecular formula is C14H24N6O. The molecule has 2 aliphatic rings. The zero-order valence-electron chi connectivity index (χ0n) is 13.0. The molecule has 0 unspecified atom stereocenters. The van der Waals surface area contributed by atoms with E-state index in [4.69, 9.17) is 9.72 Å². The Morgan fingerprint density at radius 3 is 1.95 bits per heavy atom. The molecule has 1 aromatic heterocycles. The normalized spacial score (nSPS) is 19.7. The Balaban J connectivity index is 1.89. The lowest BCUT2D eigenvalue weighted by Gasteiger charge is -2.30. The zero-order valence-corrected chi connectivity index (χ0v) is 13.0. The quantitative estimate of drug-likeness (QED) is 0.815. The molecule has 0 aromatic carbocycles. The highest BCUT2D eigenvalue weighted by molar-refractivity contribution is 5.46. The van der Waals surface area contributed by atoms with Crippen molar-refractivity contribution in [3.63, 3.8) is 0 Å². The molecular weight excluding hydrogens is 268 g/mol. The predicted molar refractivity (Wildman–Crippen MR) is 83.3 cm³/mol. The lowest BCUT2D eigenvalue weighted by molar-refractivity contribution is 0.122. The van der Waals surface area contributed by atoms with Gasteiger partial charge in [-0.1, -0.05) is 0 Å². The van der Waals surface area contributed by atoms with Gasteiger partial charge in [-0.15, -0.1) is 0 Å². The van der Waals surface area contributed by atoms with Gasteiger partial charge in [0.05, 0.1) is 13.2 Å². The van der Waals surface area contributed by atoms with Crippen molar-refractivity contribution >= 4 is 17.8 Å². The summed E-state index contributed by atoms with van der Waals surface area (Å²) in [5.41, 5.74) is 0. The molecule has 0 N–H and O–H groups in total. The molecule has 21 heavy (non-hydrogen) atoms. The summed E-state index contributed by atoms with van der Waals surface area (Å²) in [6.07, 6.45) is 3.74. The van der Waals surface area contributed by atoms with E-state index in [1.54, 1.807) is 0 Å². The number of ether oxygens (including phenoxy) is 1. The van der Waals surface area contributed by atoms with E-state index < -0.39 is 0 Å². The summed E-state index contributed by atoms with van der Waals surface area (Å²) in [5.74, 6) is 2.32. The van der Waals surface area contributed by atoms with E-state index in [-0.39, 0.29) is 0 Å². The summed E-state index contributed by atoms with van der Waals surface area (Å²) < 4.78 is 5.41. The molecule has 0 amide bonds. The highest BCUT2D eigenvalue weighted by Crippen LogP contribution is 2.21. The van der Waals surface area contributed by atoms with Crippen LogP contribution in [0.2, 0.25) is 0 Å². The Morgan fingerprint density at radius 1 is 0.810 bits per heavy atom. The summed E-state index contributed by atoms with van der Waals surface area (Å²) >= 11 is 0. The van der Waals surface area contributed by atoms with Crippen LogP contribution in [0.3, 0.4) is 0 Å². The van der Waals surface area contributed by atoms with Crippen LogP contribution in [0.5, 0.6) is 0 Å². The molecule has 116 valence electrons. The second-order valence-electron chi connectivity index (χ2n) is 5.78. The third-order valence-corrected chi connectivity index (χ3v) is 3.93. The second kappa shape index (κ2) is 6.43. The minimum Gasteiger partial charge on any atom is -0.378 e. The minimum absolute atomic E-state index is 0.729. The molecule has 7 nitrogen and oxygen atoms in total. The largest absolute Gasteiger partial charge is 0.378 e. The number of hydrogen-bond donors (Lipinski definition) is 0. The fourth-order valence-corrected chi connectivity index (χ4v) is 2.68. The monoisotopic (exact) mass is 292 g/mol. The van der Waals surface area contributed by atoms with Crippen LogP contribution in [0.25, 0.3) is 0 Å². The Bertz CT molecular complexity index is 432. The maximum atomic E-state index is 5.41. The minimum atomic E-state index is 0.729. The first-order valence-corrected chi connectivity index (χ1v) is 7.75. The smallest absolute Gasteiger partial charge is 0.232 e. The molecule has 0 radical (unpaired) electrons. The highest BCUT2D eigenvalue weighted by Gasteiger charge is 2.20. The second-order valence-corrected chi connectivity index (χ2v) is 5.78. The summed E-state index contributed by atoms with van der Waals surface area (Å²) in [5, 5.41) is 0. The molecule has 2 aliphatic heterocycles. The third kappa shape index (κ3) is 3.34. The van der Waals surface area contributed by atoms with Gasteiger partial charge >= 0.3 is 0 Å². The number of anilines is 3. The van der Waals surface area contributed by atoms with Crippen molar-refractivity contribution in [1.82, 2.24) is 15.0 Å². The van der Waals surface area contributed by atoms with Crippen molar-refractivity contribution < 1.29 is 4.74 Å². The van der Waals surface area contributed by atoms with Crippen LogP contribution in [-0.2, 0) is 4.74 Å². The van der Waals surface area contributed by atoms with E-state index in [9.17, 15) is 0 Å². The fraction of sp³-hybridized carbons (Fsp3) is 0.786. The topological polar surface area (TPSA) is 57.6 Å². The molecule has 3 rings (SSSR count). The maximum absolute atomic E-state index is 5.41. The standard InChI is InChI=1S/C14H24N6O/c1-18(2)12-15-13(19-6-4-3-5-7-19)17-14(16-12)20-8-10-21-11-9-20/h3-11H2,1-2H3. The van der Waals surface area contributed by atoms with E-state index in [1.807, 2.05) is 19.0 Å². The van der Waals surface area contributed by atoms with Gasteiger partial charge in [-0.2, -0.15) is 15.0 Å². The van der Waals surface area contributed by atoms with Crippen LogP contribution in [0, 0.1) is 0 Å². The van der Waals surface area contributed by atoms with Gasteiger partial charge in [0.2, 0.25) is 17.8 Å². The fourth-order valence-electron chi connectivity index (χ4n) is 2.68. The molecule has 0 atom stereocenters. The maximum Gasteiger partial charge on any atom is 0.232 e. The predicted octanol–water partition coefficient (Wildman–Crippen LogP) is 0.765. The molecule has 0 aliphatic carbocycles. The van der Waals surface area contributed by atoms with Crippen molar-refractivity contribution in [3.8, 4) is 0 Å². The number of nitrogens with zero attached hydrogens (tertiary/aromatic N) is 6. The molecule has 3 heterocycles. The van der Waals surface area contributed by atoms with Crippen molar-refractivity contribution in [2.75, 3.05) is 68.2 Å². The first-order chi connectivity index (χ1) is 10.2. The van der Waals surface area contributed by atoms with Gasteiger partial charge in [0.25, 0.3) is 0 Å². The number of rotatable bonds is 3. The Hall–Kier alpha value is -1.63. The first-order valence-electron chi connectivity index (χ1n) is 7.75. The van der Waals surface area contributed by atoms with Gasteiger partial charge in [0, 0.05) is 40.3 Å². The van der Waals surface area contributed by atoms with Crippen LogP contribution < -0.4 is 14.7 Å². The van der Waals surface area contributed by atoms with Crippen molar-refractivity contribution in [2.45, 2.75) is 19.3 Å². The molecule has 7 heteroatoms. The van der Waals surface area contributed by atoms with Crippen molar-refractivity contribution in [3.05, 3.63) is 0 Å². The molecule has 0 bridgehead atoms. The number of aromatic nitrogens is 3. The lowest BCUT2D eigenvalue weighted by Crippen LogP contribution is -2.38. The zero-order chi connectivity index (χ0) is 14.7. The summed E-state index contributed by atoms with van der Waals surface area (Å²) in [7, 11) is 3.94. The molecule has 1 aromatic rings. The van der Waals surface area contributed by atoms with E-state index in [1.165, 1.54) is 19.3 Å². The van der Waals surface area contributed by atoms with Crippen LogP contribution in [0.4, 0.5) is 17.8 Å². The lowest BCUT2D eigenvalue weighted by atomic mass is 10.1. The van der Waals surface area contributed by atoms with Gasteiger partial charge in [0.15, 0.2) is 0 Å². The van der Waals surface area contributed by atoms with Gasteiger partial charge in [-0.25, -0.2) is 0 Å². The number of morpholine rings is 1. The van der Waals surface area contributed by atoms with Gasteiger partial charge < -0.3 is 19.4 Å². The molecule has 2 fully saturated rings. The van der Waals surface area contributed by atoms with E-state index in [2.05, 4.69) is 19.8 Å². The molecule has 0 spiro atoms. The number of hydrogen-bond acceptors (Lipinski definition) is 7. The van der Waals surface area contributed by atoms with Crippen LogP contribution in [0.15, 0.2) is 0 Å². The number of piperidine rings is 1. The van der Waals surface area contributed by atoms with E-state index >= 15 is 0 Å². The Kier molecular flexibility index (Phi) is 4.38. The first kappa shape index (κ1) is 14.3. The van der Waals surface area contributed by atoms with Gasteiger partial charge in [-0.3, -0.25) is 0 Å². The van der Waals surface area contributed by atoms with Crippen molar-refractivity contribution in [1.29, 1.82) is 0 Å².